The predicted molar refractivity (Wildman–Crippen MR) is 124 cm³/mol. The molecule has 1 saturated carbocycles. The van der Waals surface area contributed by atoms with E-state index in [1.807, 2.05) is 6.07 Å². The van der Waals surface area contributed by atoms with Crippen molar-refractivity contribution >= 4 is 34.8 Å². The van der Waals surface area contributed by atoms with Crippen molar-refractivity contribution in [1.82, 2.24) is 20.2 Å². The summed E-state index contributed by atoms with van der Waals surface area (Å²) in [6, 6.07) is 2.47. The van der Waals surface area contributed by atoms with Crippen molar-refractivity contribution in [2.45, 2.75) is 61.8 Å². The number of amides is 2. The summed E-state index contributed by atoms with van der Waals surface area (Å²) < 4.78 is 5.63. The number of carbonyl (C=O) groups excluding carboxylic acids is 2. The van der Waals surface area contributed by atoms with Crippen LogP contribution in [0.1, 0.15) is 41.8 Å². The molecule has 0 radical (unpaired) electrons. The second kappa shape index (κ2) is 9.66. The number of aromatic nitrogens is 2. The SMILES string of the molecule is O=C(N[C@H](C(=O)N1C[C@H](Cl)[C@H]2OC[C@H](O)[C@H]21)C1CCCCC1)c1ccc(-c2cnccn2)s1. The van der Waals surface area contributed by atoms with E-state index in [0.29, 0.717) is 17.1 Å². The van der Waals surface area contributed by atoms with Crippen LogP contribution in [0.3, 0.4) is 0 Å². The van der Waals surface area contributed by atoms with Crippen LogP contribution in [0, 0.1) is 5.92 Å². The third kappa shape index (κ3) is 4.51. The molecule has 2 aliphatic heterocycles. The van der Waals surface area contributed by atoms with Crippen molar-refractivity contribution in [3.05, 3.63) is 35.6 Å². The first-order chi connectivity index (χ1) is 16.0. The second-order valence-electron chi connectivity index (χ2n) is 8.97. The summed E-state index contributed by atoms with van der Waals surface area (Å²) in [5.74, 6) is -0.397. The molecule has 1 aliphatic carbocycles. The Morgan fingerprint density at radius 3 is 2.82 bits per heavy atom. The smallest absolute Gasteiger partial charge is 0.262 e. The van der Waals surface area contributed by atoms with E-state index in [4.69, 9.17) is 16.3 Å². The van der Waals surface area contributed by atoms with Gasteiger partial charge in [-0.15, -0.1) is 22.9 Å². The topological polar surface area (TPSA) is 105 Å². The molecule has 3 aliphatic rings. The highest BCUT2D eigenvalue weighted by atomic mass is 35.5. The summed E-state index contributed by atoms with van der Waals surface area (Å²) in [7, 11) is 0. The normalized spacial score (nSPS) is 28.5. The van der Waals surface area contributed by atoms with E-state index < -0.39 is 18.2 Å². The van der Waals surface area contributed by atoms with Crippen molar-refractivity contribution in [2.24, 2.45) is 5.92 Å². The van der Waals surface area contributed by atoms with Gasteiger partial charge in [0.1, 0.15) is 12.1 Å². The van der Waals surface area contributed by atoms with Gasteiger partial charge in [-0.25, -0.2) is 0 Å². The van der Waals surface area contributed by atoms with Gasteiger partial charge in [0.25, 0.3) is 5.91 Å². The Labute approximate surface area is 201 Å². The average molecular weight is 491 g/mol. The molecular formula is C23H27ClN4O4S. The summed E-state index contributed by atoms with van der Waals surface area (Å²) in [5.41, 5.74) is 0.702. The molecule has 0 bridgehead atoms. The molecule has 8 nitrogen and oxygen atoms in total. The summed E-state index contributed by atoms with van der Waals surface area (Å²) in [5, 5.41) is 13.1. The van der Waals surface area contributed by atoms with E-state index in [0.717, 1.165) is 37.0 Å². The quantitative estimate of drug-likeness (QED) is 0.624. The lowest BCUT2D eigenvalue weighted by atomic mass is 9.83. The Bertz CT molecular complexity index is 999. The summed E-state index contributed by atoms with van der Waals surface area (Å²) in [6.45, 7) is 0.477. The number of nitrogens with one attached hydrogen (secondary N) is 1. The number of halogens is 1. The number of ether oxygens (including phenoxy) is 1. The Morgan fingerprint density at radius 1 is 1.24 bits per heavy atom. The zero-order valence-electron chi connectivity index (χ0n) is 18.1. The van der Waals surface area contributed by atoms with Gasteiger partial charge in [-0.05, 0) is 30.9 Å². The van der Waals surface area contributed by atoms with Crippen molar-refractivity contribution in [3.8, 4) is 10.6 Å². The molecule has 2 amide bonds. The molecule has 3 fully saturated rings. The fourth-order valence-corrected chi connectivity index (χ4v) is 6.48. The van der Waals surface area contributed by atoms with Gasteiger partial charge in [0.2, 0.25) is 5.91 Å². The average Bonchev–Trinajstić information content (AvgIpc) is 3.56. The number of nitrogens with zero attached hydrogens (tertiary/aromatic N) is 3. The monoisotopic (exact) mass is 490 g/mol. The fraction of sp³-hybridized carbons (Fsp3) is 0.565. The Balaban J connectivity index is 1.36. The number of fused-ring (bicyclic) bond motifs is 1. The molecule has 4 heterocycles. The third-order valence-corrected chi connectivity index (χ3v) is 8.37. The minimum atomic E-state index is -0.766. The maximum atomic E-state index is 13.7. The van der Waals surface area contributed by atoms with Crippen molar-refractivity contribution < 1.29 is 19.4 Å². The molecule has 5 rings (SSSR count). The van der Waals surface area contributed by atoms with Gasteiger partial charge in [-0.1, -0.05) is 19.3 Å². The van der Waals surface area contributed by atoms with Crippen LogP contribution in [-0.4, -0.2) is 74.6 Å². The van der Waals surface area contributed by atoms with Crippen LogP contribution < -0.4 is 5.32 Å². The Morgan fingerprint density at radius 2 is 2.06 bits per heavy atom. The number of aliphatic hydroxyl groups is 1. The van der Waals surface area contributed by atoms with Gasteiger partial charge < -0.3 is 20.1 Å². The van der Waals surface area contributed by atoms with Gasteiger partial charge in [0.05, 0.1) is 45.8 Å². The predicted octanol–water partition coefficient (Wildman–Crippen LogP) is 2.46. The van der Waals surface area contributed by atoms with Gasteiger partial charge >= 0.3 is 0 Å². The van der Waals surface area contributed by atoms with E-state index in [1.54, 1.807) is 29.6 Å². The summed E-state index contributed by atoms with van der Waals surface area (Å²) in [4.78, 5) is 38.3. The molecule has 0 unspecified atom stereocenters. The standard InChI is InChI=1S/C23H27ClN4O4S/c24-14-11-28(20-16(29)12-32-21(14)20)23(31)19(13-4-2-1-3-5-13)27-22(30)18-7-6-17(33-18)15-10-25-8-9-26-15/h6-10,13-14,16,19-21,29H,1-5,11-12H2,(H,27,30)/t14-,16-,19-,20+,21+/m0/s1. The molecule has 2 aromatic heterocycles. The minimum Gasteiger partial charge on any atom is -0.388 e. The fourth-order valence-electron chi connectivity index (χ4n) is 5.24. The maximum absolute atomic E-state index is 13.7. The molecule has 10 heteroatoms. The van der Waals surface area contributed by atoms with Gasteiger partial charge in [-0.2, -0.15) is 0 Å². The number of aliphatic hydroxyl groups excluding tert-OH is 1. The van der Waals surface area contributed by atoms with E-state index in [1.165, 1.54) is 11.3 Å². The van der Waals surface area contributed by atoms with Crippen LogP contribution in [0.4, 0.5) is 0 Å². The molecule has 2 aromatic rings. The van der Waals surface area contributed by atoms with Crippen molar-refractivity contribution in [1.29, 1.82) is 0 Å². The first-order valence-corrected chi connectivity index (χ1v) is 12.7. The highest BCUT2D eigenvalue weighted by Gasteiger charge is 2.53. The Kier molecular flexibility index (Phi) is 6.65. The Hall–Kier alpha value is -2.07. The lowest BCUT2D eigenvalue weighted by Gasteiger charge is -2.35. The highest BCUT2D eigenvalue weighted by Crippen LogP contribution is 2.35. The van der Waals surface area contributed by atoms with Crippen LogP contribution in [0.5, 0.6) is 0 Å². The van der Waals surface area contributed by atoms with Crippen LogP contribution >= 0.6 is 22.9 Å². The number of hydrogen-bond acceptors (Lipinski definition) is 7. The van der Waals surface area contributed by atoms with E-state index >= 15 is 0 Å². The molecule has 176 valence electrons. The van der Waals surface area contributed by atoms with Gasteiger partial charge in [0.15, 0.2) is 0 Å². The van der Waals surface area contributed by atoms with E-state index in [2.05, 4.69) is 15.3 Å². The summed E-state index contributed by atoms with van der Waals surface area (Å²) in [6.07, 6.45) is 8.72. The number of alkyl halides is 1. The van der Waals surface area contributed by atoms with Crippen LogP contribution in [0.15, 0.2) is 30.7 Å². The molecule has 0 spiro atoms. The highest BCUT2D eigenvalue weighted by molar-refractivity contribution is 7.17. The molecular weight excluding hydrogens is 464 g/mol. The molecule has 2 N–H and O–H groups in total. The number of likely N-dealkylation sites (tertiary alicyclic amines) is 1. The number of thiophene rings is 1. The molecule has 33 heavy (non-hydrogen) atoms. The van der Waals surface area contributed by atoms with E-state index in [-0.39, 0.29) is 35.8 Å². The molecule has 5 atom stereocenters. The number of carbonyl (C=O) groups is 2. The first-order valence-electron chi connectivity index (χ1n) is 11.4. The molecule has 0 aromatic carbocycles. The maximum Gasteiger partial charge on any atom is 0.262 e. The lowest BCUT2D eigenvalue weighted by Crippen LogP contribution is -2.55. The third-order valence-electron chi connectivity index (χ3n) is 6.88. The number of rotatable bonds is 5. The van der Waals surface area contributed by atoms with Crippen LogP contribution in [0.25, 0.3) is 10.6 Å². The van der Waals surface area contributed by atoms with Crippen molar-refractivity contribution in [3.63, 3.8) is 0 Å². The summed E-state index contributed by atoms with van der Waals surface area (Å²) >= 11 is 7.77. The zero-order chi connectivity index (χ0) is 22.9. The molecule has 2 saturated heterocycles. The van der Waals surface area contributed by atoms with Crippen LogP contribution in [-0.2, 0) is 9.53 Å². The zero-order valence-corrected chi connectivity index (χ0v) is 19.7. The second-order valence-corrected chi connectivity index (χ2v) is 10.6. The van der Waals surface area contributed by atoms with E-state index in [9.17, 15) is 14.7 Å². The number of hydrogen-bond donors (Lipinski definition) is 2. The minimum absolute atomic E-state index is 0.0573. The van der Waals surface area contributed by atoms with Crippen LogP contribution in [0.2, 0.25) is 0 Å². The largest absolute Gasteiger partial charge is 0.388 e. The van der Waals surface area contributed by atoms with Crippen molar-refractivity contribution in [2.75, 3.05) is 13.2 Å². The van der Waals surface area contributed by atoms with Gasteiger partial charge in [0, 0.05) is 18.9 Å². The lowest BCUT2D eigenvalue weighted by molar-refractivity contribution is -0.137. The first kappa shape index (κ1) is 22.7. The van der Waals surface area contributed by atoms with Gasteiger partial charge in [-0.3, -0.25) is 19.6 Å².